The Bertz CT molecular complexity index is 2040. The Morgan fingerprint density at radius 1 is 0.532 bits per heavy atom. The van der Waals surface area contributed by atoms with Crippen LogP contribution in [0.4, 0.5) is 0 Å². The molecule has 0 aliphatic carbocycles. The van der Waals surface area contributed by atoms with Crippen LogP contribution in [0.2, 0.25) is 0 Å². The first-order valence-electron chi connectivity index (χ1n) is 14.9. The summed E-state index contributed by atoms with van der Waals surface area (Å²) >= 11 is 16.8. The third-order valence-corrected chi connectivity index (χ3v) is 8.79. The van der Waals surface area contributed by atoms with Gasteiger partial charge in [0.1, 0.15) is 23.0 Å². The van der Waals surface area contributed by atoms with E-state index in [4.69, 9.17) is 55.6 Å². The molecule has 0 aliphatic rings. The molecule has 0 heterocycles. The van der Waals surface area contributed by atoms with Crippen LogP contribution in [-0.4, -0.2) is 67.7 Å². The fraction of sp³-hybridized carbons (Fsp3) is 0.216. The summed E-state index contributed by atoms with van der Waals surface area (Å²) in [4.78, 5) is 3.48. The van der Waals surface area contributed by atoms with Gasteiger partial charge in [-0.2, -0.15) is 0 Å². The monoisotopic (exact) mass is 683 g/mol. The summed E-state index contributed by atoms with van der Waals surface area (Å²) in [6, 6.07) is 24.5. The minimum Gasteiger partial charge on any atom is -0.496 e. The van der Waals surface area contributed by atoms with Crippen LogP contribution in [0.3, 0.4) is 0 Å². The van der Waals surface area contributed by atoms with E-state index in [2.05, 4.69) is 67.7 Å². The molecular formula is C37H37N3O4S3. The van der Waals surface area contributed by atoms with Crippen LogP contribution >= 0.6 is 36.7 Å². The Morgan fingerprint density at radius 2 is 0.936 bits per heavy atom. The van der Waals surface area contributed by atoms with Crippen molar-refractivity contribution in [2.45, 2.75) is 13.8 Å². The van der Waals surface area contributed by atoms with Crippen LogP contribution in [0.25, 0.3) is 43.8 Å². The first-order valence-corrected chi connectivity index (χ1v) is 16.1. The second-order valence-corrected chi connectivity index (χ2v) is 12.7. The molecule has 0 unspecified atom stereocenters. The van der Waals surface area contributed by atoms with E-state index in [1.54, 1.807) is 24.0 Å². The Labute approximate surface area is 292 Å². The Morgan fingerprint density at radius 3 is 1.38 bits per heavy atom. The molecule has 7 nitrogen and oxygen atoms in total. The molecule has 10 heteroatoms. The number of thiocarbonyl (C=S) groups is 3. The molecule has 0 spiro atoms. The zero-order chi connectivity index (χ0) is 34.0. The van der Waals surface area contributed by atoms with Gasteiger partial charge in [-0.25, -0.2) is 0 Å². The summed E-state index contributed by atoms with van der Waals surface area (Å²) in [5.74, 6) is 2.19. The molecule has 5 aromatic carbocycles. The van der Waals surface area contributed by atoms with Crippen LogP contribution < -0.4 is 24.3 Å². The second kappa shape index (κ2) is 14.1. The van der Waals surface area contributed by atoms with E-state index in [9.17, 15) is 0 Å². The van der Waals surface area contributed by atoms with Crippen molar-refractivity contribution in [2.24, 2.45) is 0 Å². The lowest BCUT2D eigenvalue weighted by molar-refractivity contribution is 0.416. The number of benzene rings is 5. The largest absolute Gasteiger partial charge is 0.496 e. The van der Waals surface area contributed by atoms with E-state index in [0.29, 0.717) is 39.3 Å². The van der Waals surface area contributed by atoms with Gasteiger partial charge in [-0.15, -0.1) is 0 Å². The maximum atomic E-state index is 6.43. The third-order valence-electron chi connectivity index (χ3n) is 7.60. The first kappa shape index (κ1) is 33.8. The molecule has 47 heavy (non-hydrogen) atoms. The highest BCUT2D eigenvalue weighted by atomic mass is 32.1. The normalized spacial score (nSPS) is 10.8. The van der Waals surface area contributed by atoms with E-state index in [1.165, 1.54) is 0 Å². The van der Waals surface area contributed by atoms with Gasteiger partial charge in [-0.05, 0) is 108 Å². The number of nitrogens with zero attached hydrogens (tertiary/aromatic N) is 2. The topological polar surface area (TPSA) is 55.4 Å². The second-order valence-electron chi connectivity index (χ2n) is 11.6. The molecular weight excluding hydrogens is 647 g/mol. The van der Waals surface area contributed by atoms with Crippen molar-refractivity contribution < 1.29 is 18.9 Å². The first-order chi connectivity index (χ1) is 22.4. The molecule has 0 aromatic heterocycles. The molecule has 0 fully saturated rings. The number of fused-ring (bicyclic) bond motifs is 2. The predicted molar refractivity (Wildman–Crippen MR) is 204 cm³/mol. The van der Waals surface area contributed by atoms with E-state index in [1.807, 2.05) is 52.5 Å². The fourth-order valence-corrected chi connectivity index (χ4v) is 5.41. The van der Waals surface area contributed by atoms with Crippen molar-refractivity contribution in [1.82, 2.24) is 15.1 Å². The molecule has 0 amide bonds. The Kier molecular flexibility index (Phi) is 10.1. The van der Waals surface area contributed by atoms with Crippen molar-refractivity contribution in [3.05, 3.63) is 83.9 Å². The molecule has 0 saturated heterocycles. The van der Waals surface area contributed by atoms with Crippen molar-refractivity contribution in [1.29, 1.82) is 0 Å². The minimum absolute atomic E-state index is 0.193. The van der Waals surface area contributed by atoms with Crippen molar-refractivity contribution >= 4 is 73.7 Å². The maximum absolute atomic E-state index is 6.43. The van der Waals surface area contributed by atoms with Gasteiger partial charge in [0.25, 0.3) is 15.5 Å². The number of hydrogen-bond acceptors (Lipinski definition) is 7. The number of methoxy groups -OCH3 is 1. The third kappa shape index (κ3) is 7.40. The van der Waals surface area contributed by atoms with Crippen molar-refractivity contribution in [2.75, 3.05) is 42.3 Å². The minimum atomic E-state index is 0.193. The number of hydrogen-bond donors (Lipinski definition) is 1. The lowest BCUT2D eigenvalue weighted by atomic mass is 9.93. The summed E-state index contributed by atoms with van der Waals surface area (Å²) in [5.41, 5.74) is 5.18. The van der Waals surface area contributed by atoms with Gasteiger partial charge in [-0.3, -0.25) is 0 Å². The summed E-state index contributed by atoms with van der Waals surface area (Å²) in [7, 11) is 10.7. The Balaban J connectivity index is 1.85. The quantitative estimate of drug-likeness (QED) is 0.177. The smallest absolute Gasteiger partial charge is 0.264 e. The molecule has 5 rings (SSSR count). The highest BCUT2D eigenvalue weighted by Gasteiger charge is 2.24. The van der Waals surface area contributed by atoms with E-state index in [0.717, 1.165) is 43.8 Å². The van der Waals surface area contributed by atoms with E-state index >= 15 is 0 Å². The SMILES string of the molecule is CNC(=S)Oc1cc(-c2cc3ccc(C)cc3cc2OC)c(OC(=S)N(C)C)cc1-c1cc2ccc(C)cc2cc1OC(=S)N(C)C. The van der Waals surface area contributed by atoms with Gasteiger partial charge in [0.15, 0.2) is 0 Å². The van der Waals surface area contributed by atoms with Gasteiger partial charge in [-0.1, -0.05) is 47.5 Å². The highest BCUT2D eigenvalue weighted by Crippen LogP contribution is 2.48. The molecule has 0 aliphatic heterocycles. The molecule has 1 N–H and O–H groups in total. The maximum Gasteiger partial charge on any atom is 0.264 e. The zero-order valence-electron chi connectivity index (χ0n) is 27.7. The van der Waals surface area contributed by atoms with Crippen LogP contribution in [0.5, 0.6) is 23.0 Å². The number of aryl methyl sites for hydroxylation is 2. The molecule has 0 saturated carbocycles. The fourth-order valence-electron chi connectivity index (χ4n) is 5.14. The summed E-state index contributed by atoms with van der Waals surface area (Å²) < 4.78 is 25.0. The molecule has 5 aromatic rings. The number of rotatable bonds is 6. The molecule has 0 bridgehead atoms. The highest BCUT2D eigenvalue weighted by molar-refractivity contribution is 7.80. The van der Waals surface area contributed by atoms with E-state index in [-0.39, 0.29) is 10.3 Å². The van der Waals surface area contributed by atoms with Gasteiger partial charge in [0, 0.05) is 57.5 Å². The van der Waals surface area contributed by atoms with Gasteiger partial charge >= 0.3 is 0 Å². The van der Waals surface area contributed by atoms with E-state index < -0.39 is 0 Å². The average Bonchev–Trinajstić information content (AvgIpc) is 3.03. The van der Waals surface area contributed by atoms with Crippen molar-refractivity contribution in [3.8, 4) is 45.3 Å². The van der Waals surface area contributed by atoms with Crippen LogP contribution in [-0.2, 0) is 0 Å². The lowest BCUT2D eigenvalue weighted by Crippen LogP contribution is -2.26. The summed E-state index contributed by atoms with van der Waals surface area (Å²) in [5, 5.41) is 7.84. The predicted octanol–water partition coefficient (Wildman–Crippen LogP) is 8.29. The zero-order valence-corrected chi connectivity index (χ0v) is 30.1. The van der Waals surface area contributed by atoms with Gasteiger partial charge in [0.2, 0.25) is 0 Å². The average molecular weight is 684 g/mol. The summed E-state index contributed by atoms with van der Waals surface area (Å²) in [6.07, 6.45) is 0. The number of ether oxygens (including phenoxy) is 4. The van der Waals surface area contributed by atoms with Crippen molar-refractivity contribution in [3.63, 3.8) is 0 Å². The lowest BCUT2D eigenvalue weighted by Gasteiger charge is -2.23. The van der Waals surface area contributed by atoms with Crippen LogP contribution in [0, 0.1) is 13.8 Å². The Hall–Kier alpha value is -4.51. The standard InChI is InChI=1S/C37H37N3O4S3/c1-21-9-11-23-15-27(31(41-8)17-25(23)13-21)29-19-33(42-35(45)38-3)30(20-34(29)44-37(47)40(6)7)28-16-24-12-10-22(2)14-26(24)18-32(28)43-36(46)39(4)5/h9-20H,1-8H3,(H,38,45). The van der Waals surface area contributed by atoms with Gasteiger partial charge in [0.05, 0.1) is 7.11 Å². The summed E-state index contributed by atoms with van der Waals surface area (Å²) in [6.45, 7) is 4.12. The molecule has 0 atom stereocenters. The number of nitrogens with one attached hydrogen (secondary N) is 1. The molecule has 242 valence electrons. The van der Waals surface area contributed by atoms with Crippen LogP contribution in [0.15, 0.2) is 72.8 Å². The van der Waals surface area contributed by atoms with Gasteiger partial charge < -0.3 is 34.1 Å². The van der Waals surface area contributed by atoms with Crippen LogP contribution in [0.1, 0.15) is 11.1 Å². The molecule has 0 radical (unpaired) electrons.